The SMILES string of the molecule is Cc1ccc(-n2nc(N)c3c(C)c4c(c(N)c3c2=O)C(=O)NC4=O)cc1. The summed E-state index contributed by atoms with van der Waals surface area (Å²) in [4.78, 5) is 37.3. The molecule has 4 rings (SSSR count). The predicted molar refractivity (Wildman–Crippen MR) is 97.4 cm³/mol. The number of aromatic nitrogens is 2. The number of benzene rings is 2. The van der Waals surface area contributed by atoms with E-state index in [1.165, 1.54) is 0 Å². The Bertz CT molecular complexity index is 1190. The van der Waals surface area contributed by atoms with Crippen molar-refractivity contribution in [3.05, 3.63) is 56.9 Å². The molecule has 2 amide bonds. The van der Waals surface area contributed by atoms with E-state index in [1.54, 1.807) is 19.1 Å². The van der Waals surface area contributed by atoms with Crippen molar-refractivity contribution in [1.82, 2.24) is 15.1 Å². The maximum atomic E-state index is 13.1. The molecule has 0 radical (unpaired) electrons. The summed E-state index contributed by atoms with van der Waals surface area (Å²) in [5, 5.41) is 6.76. The first-order chi connectivity index (χ1) is 12.3. The number of anilines is 2. The van der Waals surface area contributed by atoms with Crippen LogP contribution in [0.1, 0.15) is 31.8 Å². The number of fused-ring (bicyclic) bond motifs is 2. The number of aryl methyl sites for hydroxylation is 2. The average molecular weight is 349 g/mol. The topological polar surface area (TPSA) is 133 Å². The fraction of sp³-hybridized carbons (Fsp3) is 0.111. The summed E-state index contributed by atoms with van der Waals surface area (Å²) in [6.07, 6.45) is 0. The van der Waals surface area contributed by atoms with E-state index in [4.69, 9.17) is 11.5 Å². The van der Waals surface area contributed by atoms with Gasteiger partial charge in [-0.3, -0.25) is 19.7 Å². The molecular formula is C18H15N5O3. The summed E-state index contributed by atoms with van der Waals surface area (Å²) < 4.78 is 1.15. The molecule has 1 aliphatic heterocycles. The Hall–Kier alpha value is -3.68. The molecule has 2 heterocycles. The van der Waals surface area contributed by atoms with E-state index >= 15 is 0 Å². The zero-order valence-electron chi connectivity index (χ0n) is 14.1. The second-order valence-electron chi connectivity index (χ2n) is 6.26. The molecule has 0 unspecified atom stereocenters. The molecule has 0 saturated heterocycles. The van der Waals surface area contributed by atoms with Gasteiger partial charge in [0.25, 0.3) is 17.4 Å². The second kappa shape index (κ2) is 5.16. The van der Waals surface area contributed by atoms with Crippen LogP contribution in [0, 0.1) is 13.8 Å². The number of carbonyl (C=O) groups excluding carboxylic acids is 2. The van der Waals surface area contributed by atoms with E-state index < -0.39 is 17.4 Å². The van der Waals surface area contributed by atoms with Crippen LogP contribution < -0.4 is 22.3 Å². The van der Waals surface area contributed by atoms with E-state index in [1.807, 2.05) is 19.1 Å². The minimum Gasteiger partial charge on any atom is -0.397 e. The normalized spacial score (nSPS) is 13.2. The summed E-state index contributed by atoms with van der Waals surface area (Å²) in [5.41, 5.74) is 13.8. The van der Waals surface area contributed by atoms with E-state index in [9.17, 15) is 14.4 Å². The largest absolute Gasteiger partial charge is 0.397 e. The molecule has 1 aliphatic rings. The Kier molecular flexibility index (Phi) is 3.14. The summed E-state index contributed by atoms with van der Waals surface area (Å²) in [5.74, 6) is -1.12. The number of rotatable bonds is 1. The minimum absolute atomic E-state index is 0.0122. The number of carbonyl (C=O) groups is 2. The Labute approximate surface area is 147 Å². The monoisotopic (exact) mass is 349 g/mol. The fourth-order valence-electron chi connectivity index (χ4n) is 3.35. The molecule has 5 N–H and O–H groups in total. The Morgan fingerprint density at radius 3 is 2.19 bits per heavy atom. The lowest BCUT2D eigenvalue weighted by Gasteiger charge is -2.14. The summed E-state index contributed by atoms with van der Waals surface area (Å²) in [7, 11) is 0. The molecular weight excluding hydrogens is 334 g/mol. The number of nitrogens with zero attached hydrogens (tertiary/aromatic N) is 2. The number of imide groups is 1. The third-order valence-corrected chi connectivity index (χ3v) is 4.62. The molecule has 0 aliphatic carbocycles. The Morgan fingerprint density at radius 2 is 1.54 bits per heavy atom. The summed E-state index contributed by atoms with van der Waals surface area (Å²) in [6, 6.07) is 7.16. The zero-order chi connectivity index (χ0) is 18.7. The molecule has 2 aromatic carbocycles. The smallest absolute Gasteiger partial charge is 0.281 e. The van der Waals surface area contributed by atoms with Crippen molar-refractivity contribution in [2.75, 3.05) is 11.5 Å². The van der Waals surface area contributed by atoms with Crippen LogP contribution in [0.2, 0.25) is 0 Å². The van der Waals surface area contributed by atoms with Crippen LogP contribution in [0.5, 0.6) is 0 Å². The summed E-state index contributed by atoms with van der Waals surface area (Å²) >= 11 is 0. The van der Waals surface area contributed by atoms with Crippen molar-refractivity contribution in [3.63, 3.8) is 0 Å². The van der Waals surface area contributed by atoms with Crippen LogP contribution in [-0.2, 0) is 0 Å². The maximum Gasteiger partial charge on any atom is 0.281 e. The first-order valence-corrected chi connectivity index (χ1v) is 7.88. The third kappa shape index (κ3) is 1.95. The minimum atomic E-state index is -0.621. The van der Waals surface area contributed by atoms with Gasteiger partial charge in [-0.2, -0.15) is 4.68 Å². The average Bonchev–Trinajstić information content (AvgIpc) is 2.90. The highest BCUT2D eigenvalue weighted by Crippen LogP contribution is 2.35. The highest BCUT2D eigenvalue weighted by molar-refractivity contribution is 6.28. The second-order valence-corrected chi connectivity index (χ2v) is 6.26. The highest BCUT2D eigenvalue weighted by Gasteiger charge is 2.34. The van der Waals surface area contributed by atoms with Crippen LogP contribution in [0.25, 0.3) is 16.5 Å². The fourth-order valence-corrected chi connectivity index (χ4v) is 3.35. The van der Waals surface area contributed by atoms with Gasteiger partial charge in [0.1, 0.15) is 0 Å². The van der Waals surface area contributed by atoms with Crippen molar-refractivity contribution in [2.24, 2.45) is 0 Å². The number of amides is 2. The van der Waals surface area contributed by atoms with Crippen LogP contribution in [0.15, 0.2) is 29.1 Å². The van der Waals surface area contributed by atoms with E-state index in [0.717, 1.165) is 10.2 Å². The number of nitrogens with two attached hydrogens (primary N) is 2. The van der Waals surface area contributed by atoms with Gasteiger partial charge in [0.2, 0.25) is 0 Å². The van der Waals surface area contributed by atoms with Gasteiger partial charge < -0.3 is 11.5 Å². The lowest BCUT2D eigenvalue weighted by molar-refractivity contribution is 0.0880. The van der Waals surface area contributed by atoms with Crippen molar-refractivity contribution in [2.45, 2.75) is 13.8 Å². The standard InChI is InChI=1S/C18H15N5O3/c1-7-3-5-9(6-4-7)23-18(26)13-10(15(20)22-23)8(2)11-12(14(13)19)17(25)21-16(11)24/h3-6H,19H2,1-2H3,(H2,20,22)(H,21,24,25). The Balaban J connectivity index is 2.17. The molecule has 0 fully saturated rings. The molecule has 0 saturated carbocycles. The van der Waals surface area contributed by atoms with Gasteiger partial charge in [0, 0.05) is 5.39 Å². The lowest BCUT2D eigenvalue weighted by Crippen LogP contribution is -2.25. The molecule has 8 nitrogen and oxygen atoms in total. The molecule has 0 spiro atoms. The van der Waals surface area contributed by atoms with E-state index in [-0.39, 0.29) is 28.0 Å². The van der Waals surface area contributed by atoms with Crippen molar-refractivity contribution in [3.8, 4) is 5.69 Å². The highest BCUT2D eigenvalue weighted by atomic mass is 16.2. The molecule has 130 valence electrons. The van der Waals surface area contributed by atoms with Crippen LogP contribution in [0.3, 0.4) is 0 Å². The van der Waals surface area contributed by atoms with Gasteiger partial charge in [-0.15, -0.1) is 5.10 Å². The van der Waals surface area contributed by atoms with Crippen LogP contribution in [-0.4, -0.2) is 21.6 Å². The van der Waals surface area contributed by atoms with Gasteiger partial charge in [-0.1, -0.05) is 17.7 Å². The Morgan fingerprint density at radius 1 is 0.923 bits per heavy atom. The van der Waals surface area contributed by atoms with Gasteiger partial charge in [-0.25, -0.2) is 0 Å². The van der Waals surface area contributed by atoms with Gasteiger partial charge >= 0.3 is 0 Å². The molecule has 0 atom stereocenters. The van der Waals surface area contributed by atoms with E-state index in [0.29, 0.717) is 16.6 Å². The number of nitrogen functional groups attached to an aromatic ring is 2. The molecule has 26 heavy (non-hydrogen) atoms. The first kappa shape index (κ1) is 15.8. The zero-order valence-corrected chi connectivity index (χ0v) is 14.1. The molecule has 0 bridgehead atoms. The van der Waals surface area contributed by atoms with Crippen molar-refractivity contribution in [1.29, 1.82) is 0 Å². The third-order valence-electron chi connectivity index (χ3n) is 4.62. The lowest BCUT2D eigenvalue weighted by atomic mass is 9.95. The maximum absolute atomic E-state index is 13.1. The van der Waals surface area contributed by atoms with E-state index in [2.05, 4.69) is 10.4 Å². The van der Waals surface area contributed by atoms with Gasteiger partial charge in [0.05, 0.1) is 27.9 Å². The number of hydrogen-bond acceptors (Lipinski definition) is 6. The molecule has 3 aromatic rings. The predicted octanol–water partition coefficient (Wildman–Crippen LogP) is 1.05. The van der Waals surface area contributed by atoms with Gasteiger partial charge in [-0.05, 0) is 31.5 Å². The first-order valence-electron chi connectivity index (χ1n) is 7.88. The quantitative estimate of drug-likeness (QED) is 0.444. The van der Waals surface area contributed by atoms with Crippen molar-refractivity contribution >= 4 is 34.1 Å². The van der Waals surface area contributed by atoms with Crippen LogP contribution in [0.4, 0.5) is 11.5 Å². The number of hydrogen-bond donors (Lipinski definition) is 3. The van der Waals surface area contributed by atoms with Crippen LogP contribution >= 0.6 is 0 Å². The van der Waals surface area contributed by atoms with Crippen molar-refractivity contribution < 1.29 is 9.59 Å². The van der Waals surface area contributed by atoms with Gasteiger partial charge in [0.15, 0.2) is 5.82 Å². The summed E-state index contributed by atoms with van der Waals surface area (Å²) in [6.45, 7) is 3.54. The molecule has 1 aromatic heterocycles. The molecule has 8 heteroatoms. The number of nitrogens with one attached hydrogen (secondary N) is 1.